The van der Waals surface area contributed by atoms with Gasteiger partial charge in [0.05, 0.1) is 11.8 Å². The molecule has 1 N–H and O–H groups in total. The van der Waals surface area contributed by atoms with Gasteiger partial charge in [0.1, 0.15) is 10.9 Å². The number of carbonyl (C=O) groups is 2. The van der Waals surface area contributed by atoms with Crippen LogP contribution in [0.3, 0.4) is 0 Å². The lowest BCUT2D eigenvalue weighted by molar-refractivity contribution is -0.123. The summed E-state index contributed by atoms with van der Waals surface area (Å²) in [5.74, 6) is -0.161. The lowest BCUT2D eigenvalue weighted by atomic mass is 9.65. The molecule has 1 amide bonds. The van der Waals surface area contributed by atoms with Crippen molar-refractivity contribution in [3.05, 3.63) is 0 Å². The number of amides is 1. The third-order valence-electron chi connectivity index (χ3n) is 7.63. The van der Waals surface area contributed by atoms with Gasteiger partial charge in [0, 0.05) is 0 Å². The molecule has 6 nitrogen and oxygen atoms in total. The van der Waals surface area contributed by atoms with Gasteiger partial charge < -0.3 is 10.1 Å². The van der Waals surface area contributed by atoms with Crippen LogP contribution in [0.5, 0.6) is 0 Å². The Balaban J connectivity index is 1.89. The number of sulfone groups is 1. The minimum Gasteiger partial charge on any atom is -0.444 e. The first-order chi connectivity index (χ1) is 12.6. The molecule has 1 spiro atoms. The smallest absolute Gasteiger partial charge is 0.408 e. The Kier molecular flexibility index (Phi) is 4.97. The van der Waals surface area contributed by atoms with Crippen LogP contribution in [0.15, 0.2) is 0 Å². The first-order valence-corrected chi connectivity index (χ1v) is 12.1. The predicted octanol–water partition coefficient (Wildman–Crippen LogP) is 3.34. The molecule has 5 atom stereocenters. The van der Waals surface area contributed by atoms with Gasteiger partial charge in [-0.1, -0.05) is 27.7 Å². The van der Waals surface area contributed by atoms with Crippen molar-refractivity contribution in [2.75, 3.05) is 5.75 Å². The standard InChI is InChI=1S/C21H35NO5S/c1-12(2)15(22-18(24)27-19(3,4)5)16(23)17-14-10-13-8-9-21(14,20(13,6)7)11-28(17,25)26/h12-15,17H,8-11H2,1-7H3,(H,22,24)/t13-,14+,15-,17-,21-/m1/s1. The van der Waals surface area contributed by atoms with E-state index in [0.717, 1.165) is 19.3 Å². The number of alkyl carbamates (subject to hydrolysis) is 1. The SMILES string of the molecule is CC(C)[C@@H](NC(=O)OC(C)(C)C)C(=O)[C@H]1[C@@H]2C[C@H]3CC[C@]2(CS1(=O)=O)C3(C)C. The normalized spacial score (nSPS) is 36.2. The molecule has 160 valence electrons. The van der Waals surface area contributed by atoms with E-state index < -0.39 is 32.8 Å². The number of hydrogen-bond donors (Lipinski definition) is 1. The van der Waals surface area contributed by atoms with Crippen molar-refractivity contribution in [3.63, 3.8) is 0 Å². The van der Waals surface area contributed by atoms with Gasteiger partial charge in [-0.2, -0.15) is 0 Å². The van der Waals surface area contributed by atoms with Crippen molar-refractivity contribution in [2.24, 2.45) is 28.6 Å². The van der Waals surface area contributed by atoms with Gasteiger partial charge >= 0.3 is 6.09 Å². The number of Topliss-reactive ketones (excluding diaryl/α,β-unsaturated/α-hetero) is 1. The molecule has 0 aromatic heterocycles. The van der Waals surface area contributed by atoms with Crippen molar-refractivity contribution in [1.29, 1.82) is 0 Å². The van der Waals surface area contributed by atoms with E-state index in [9.17, 15) is 18.0 Å². The molecule has 0 aromatic carbocycles. The molecular formula is C21H35NO5S. The summed E-state index contributed by atoms with van der Waals surface area (Å²) in [6, 6.07) is -0.869. The van der Waals surface area contributed by atoms with Gasteiger partial charge in [-0.15, -0.1) is 0 Å². The van der Waals surface area contributed by atoms with Crippen molar-refractivity contribution < 1.29 is 22.7 Å². The van der Waals surface area contributed by atoms with E-state index in [1.54, 1.807) is 20.8 Å². The second-order valence-corrected chi connectivity index (χ2v) is 13.1. The van der Waals surface area contributed by atoms with Crippen molar-refractivity contribution in [2.45, 2.75) is 84.6 Å². The third-order valence-corrected chi connectivity index (χ3v) is 9.88. The van der Waals surface area contributed by atoms with E-state index in [4.69, 9.17) is 4.74 Å². The Labute approximate surface area is 169 Å². The molecule has 2 bridgehead atoms. The minimum atomic E-state index is -3.55. The van der Waals surface area contributed by atoms with Crippen LogP contribution in [0.4, 0.5) is 4.79 Å². The van der Waals surface area contributed by atoms with Gasteiger partial charge in [-0.05, 0) is 68.6 Å². The minimum absolute atomic E-state index is 0.0638. The number of rotatable bonds is 4. The van der Waals surface area contributed by atoms with Gasteiger partial charge in [-0.25, -0.2) is 13.2 Å². The van der Waals surface area contributed by atoms with Crippen LogP contribution in [0, 0.1) is 28.6 Å². The fourth-order valence-corrected chi connectivity index (χ4v) is 9.16. The van der Waals surface area contributed by atoms with Crippen molar-refractivity contribution in [1.82, 2.24) is 5.32 Å². The summed E-state index contributed by atoms with van der Waals surface area (Å²) in [7, 11) is -3.55. The highest BCUT2D eigenvalue weighted by molar-refractivity contribution is 7.93. The molecule has 0 radical (unpaired) electrons. The summed E-state index contributed by atoms with van der Waals surface area (Å²) >= 11 is 0. The number of fused-ring (bicyclic) bond motifs is 1. The molecule has 2 aliphatic carbocycles. The number of ether oxygens (including phenoxy) is 1. The molecule has 3 aliphatic rings. The fourth-order valence-electron chi connectivity index (χ4n) is 6.16. The zero-order chi connectivity index (χ0) is 21.3. The fraction of sp³-hybridized carbons (Fsp3) is 0.905. The van der Waals surface area contributed by atoms with E-state index >= 15 is 0 Å². The molecule has 0 aromatic rings. The Bertz CT molecular complexity index is 779. The molecule has 1 heterocycles. The first kappa shape index (κ1) is 21.6. The summed E-state index contributed by atoms with van der Waals surface area (Å²) in [5, 5.41) is 1.64. The second-order valence-electron chi connectivity index (χ2n) is 11.0. The lowest BCUT2D eigenvalue weighted by Crippen LogP contribution is -2.52. The van der Waals surface area contributed by atoms with Crippen LogP contribution in [0.25, 0.3) is 0 Å². The lowest BCUT2D eigenvalue weighted by Gasteiger charge is -2.37. The van der Waals surface area contributed by atoms with Crippen LogP contribution < -0.4 is 5.32 Å². The maximum atomic E-state index is 13.5. The zero-order valence-electron chi connectivity index (χ0n) is 18.2. The van der Waals surface area contributed by atoms with Gasteiger partial charge in [0.2, 0.25) is 0 Å². The Hall–Kier alpha value is -1.11. The Morgan fingerprint density at radius 1 is 1.18 bits per heavy atom. The van der Waals surface area contributed by atoms with Crippen molar-refractivity contribution in [3.8, 4) is 0 Å². The van der Waals surface area contributed by atoms with Crippen LogP contribution in [0.2, 0.25) is 0 Å². The highest BCUT2D eigenvalue weighted by Gasteiger charge is 2.73. The molecule has 1 aliphatic heterocycles. The Morgan fingerprint density at radius 3 is 2.29 bits per heavy atom. The third kappa shape index (κ3) is 3.17. The molecule has 28 heavy (non-hydrogen) atoms. The summed E-state index contributed by atoms with van der Waals surface area (Å²) < 4.78 is 31.6. The van der Waals surface area contributed by atoms with Crippen LogP contribution >= 0.6 is 0 Å². The van der Waals surface area contributed by atoms with Gasteiger partial charge in [0.15, 0.2) is 15.6 Å². The highest BCUT2D eigenvalue weighted by atomic mass is 32.2. The summed E-state index contributed by atoms with van der Waals surface area (Å²) in [6.07, 6.45) is 2.03. The van der Waals surface area contributed by atoms with Crippen molar-refractivity contribution >= 4 is 21.7 Å². The molecule has 7 heteroatoms. The summed E-state index contributed by atoms with van der Waals surface area (Å²) in [5.41, 5.74) is -1.05. The molecule has 2 saturated carbocycles. The molecule has 3 rings (SSSR count). The number of ketones is 1. The molecular weight excluding hydrogens is 378 g/mol. The quantitative estimate of drug-likeness (QED) is 0.763. The van der Waals surface area contributed by atoms with E-state index in [2.05, 4.69) is 19.2 Å². The maximum Gasteiger partial charge on any atom is 0.408 e. The number of hydrogen-bond acceptors (Lipinski definition) is 5. The zero-order valence-corrected chi connectivity index (χ0v) is 19.0. The predicted molar refractivity (Wildman–Crippen MR) is 108 cm³/mol. The van der Waals surface area contributed by atoms with E-state index in [1.807, 2.05) is 13.8 Å². The average Bonchev–Trinajstić information content (AvgIpc) is 2.97. The number of carbonyl (C=O) groups excluding carboxylic acids is 2. The number of nitrogens with one attached hydrogen (secondary N) is 1. The van der Waals surface area contributed by atoms with Crippen LogP contribution in [0.1, 0.15) is 67.7 Å². The molecule has 0 unspecified atom stereocenters. The monoisotopic (exact) mass is 413 g/mol. The average molecular weight is 414 g/mol. The van der Waals surface area contributed by atoms with Crippen LogP contribution in [-0.4, -0.2) is 42.9 Å². The molecule has 1 saturated heterocycles. The van der Waals surface area contributed by atoms with E-state index in [1.165, 1.54) is 0 Å². The van der Waals surface area contributed by atoms with Gasteiger partial charge in [-0.3, -0.25) is 4.79 Å². The second kappa shape index (κ2) is 6.44. The summed E-state index contributed by atoms with van der Waals surface area (Å²) in [4.78, 5) is 25.8. The first-order valence-electron chi connectivity index (χ1n) is 10.4. The highest BCUT2D eigenvalue weighted by Crippen LogP contribution is 2.72. The molecule has 3 fully saturated rings. The maximum absolute atomic E-state index is 13.5. The van der Waals surface area contributed by atoms with Crippen LogP contribution in [-0.2, 0) is 19.4 Å². The van der Waals surface area contributed by atoms with E-state index in [-0.39, 0.29) is 34.2 Å². The largest absolute Gasteiger partial charge is 0.444 e. The summed E-state index contributed by atoms with van der Waals surface area (Å²) in [6.45, 7) is 13.2. The van der Waals surface area contributed by atoms with Gasteiger partial charge in [0.25, 0.3) is 0 Å². The topological polar surface area (TPSA) is 89.5 Å². The Morgan fingerprint density at radius 2 is 1.79 bits per heavy atom. The van der Waals surface area contributed by atoms with E-state index in [0.29, 0.717) is 5.92 Å².